The molecule has 2 fully saturated rings. The molecule has 0 unspecified atom stereocenters. The van der Waals surface area contributed by atoms with Crippen LogP contribution in [0, 0.1) is 5.95 Å². The maximum Gasteiger partial charge on any atom is 0.307 e. The summed E-state index contributed by atoms with van der Waals surface area (Å²) in [4.78, 5) is 8.60. The van der Waals surface area contributed by atoms with Crippen LogP contribution in [0.5, 0.6) is 0 Å². The normalized spacial score (nSPS) is 17.6. The molecule has 0 radical (unpaired) electrons. The zero-order chi connectivity index (χ0) is 27.2. The molecule has 3 heterocycles. The van der Waals surface area contributed by atoms with Crippen LogP contribution in [0.15, 0.2) is 48.8 Å². The van der Waals surface area contributed by atoms with Gasteiger partial charge in [0.15, 0.2) is 0 Å². The van der Waals surface area contributed by atoms with Gasteiger partial charge in [-0.15, -0.1) is 0 Å². The van der Waals surface area contributed by atoms with Crippen molar-refractivity contribution in [1.82, 2.24) is 23.1 Å². The first-order valence-electron chi connectivity index (χ1n) is 14.5. The van der Waals surface area contributed by atoms with Gasteiger partial charge in [0.2, 0.25) is 5.95 Å². The molecule has 5 rings (SSSR count). The van der Waals surface area contributed by atoms with Crippen LogP contribution in [0.4, 0.5) is 4.39 Å². The molecular weight excluding hydrogens is 513 g/mol. The number of benzene rings is 1. The van der Waals surface area contributed by atoms with Gasteiger partial charge >= 0.3 is 10.2 Å². The van der Waals surface area contributed by atoms with E-state index in [-0.39, 0.29) is 0 Å². The summed E-state index contributed by atoms with van der Waals surface area (Å²) in [6.45, 7) is 3.95. The van der Waals surface area contributed by atoms with E-state index in [4.69, 9.17) is 0 Å². The van der Waals surface area contributed by atoms with E-state index in [1.165, 1.54) is 42.3 Å². The van der Waals surface area contributed by atoms with Crippen molar-refractivity contribution >= 4 is 21.1 Å². The van der Waals surface area contributed by atoms with Crippen molar-refractivity contribution in [3.8, 4) is 0 Å². The van der Waals surface area contributed by atoms with Crippen molar-refractivity contribution < 1.29 is 12.8 Å². The lowest BCUT2D eigenvalue weighted by atomic mass is 9.94. The molecule has 0 N–H and O–H groups in total. The van der Waals surface area contributed by atoms with Crippen LogP contribution >= 0.6 is 0 Å². The van der Waals surface area contributed by atoms with E-state index in [9.17, 15) is 12.8 Å². The van der Waals surface area contributed by atoms with Crippen LogP contribution in [0.2, 0.25) is 0 Å². The fourth-order valence-electron chi connectivity index (χ4n) is 6.21. The molecule has 1 aliphatic heterocycles. The predicted molar refractivity (Wildman–Crippen MR) is 154 cm³/mol. The smallest absolute Gasteiger partial charge is 0.303 e. The summed E-state index contributed by atoms with van der Waals surface area (Å²) in [6.07, 6.45) is 13.7. The monoisotopic (exact) mass is 555 g/mol. The Morgan fingerprint density at radius 3 is 2.41 bits per heavy atom. The molecule has 9 heteroatoms. The Labute approximate surface area is 232 Å². The number of pyridine rings is 1. The van der Waals surface area contributed by atoms with Crippen LogP contribution in [-0.2, 0) is 23.3 Å². The lowest BCUT2D eigenvalue weighted by Crippen LogP contribution is -2.34. The van der Waals surface area contributed by atoms with Crippen molar-refractivity contribution in [3.63, 3.8) is 0 Å². The van der Waals surface area contributed by atoms with Crippen LogP contribution in [0.3, 0.4) is 0 Å². The zero-order valence-electron chi connectivity index (χ0n) is 23.1. The number of halogens is 1. The fourth-order valence-corrected chi connectivity index (χ4v) is 7.85. The maximum absolute atomic E-state index is 14.5. The molecule has 1 saturated carbocycles. The quantitative estimate of drug-likeness (QED) is 0.221. The topological polar surface area (TPSA) is 61.7 Å². The van der Waals surface area contributed by atoms with Gasteiger partial charge in [0.25, 0.3) is 0 Å². The SMILES string of the molecule is CN(CCCCN(Cc1cccnc1F)Cc1cn(S(=O)(=O)N2CCCC2)c2ccccc12)C1CCCCC1. The van der Waals surface area contributed by atoms with Gasteiger partial charge in [-0.3, -0.25) is 4.90 Å². The average molecular weight is 556 g/mol. The standard InChI is InChI=1S/C30H42FN5O2S/c1-33(27-13-3-2-4-14-27)18-7-8-19-34(22-25-12-11-17-32-30(25)31)23-26-24-36(29-16-6-5-15-28(26)29)39(37,38)35-20-9-10-21-35/h5-6,11-12,15-17,24,27H,2-4,7-10,13-14,18-23H2,1H3. The third-order valence-electron chi connectivity index (χ3n) is 8.46. The van der Waals surface area contributed by atoms with E-state index >= 15 is 0 Å². The lowest BCUT2D eigenvalue weighted by molar-refractivity contribution is 0.182. The number of hydrogen-bond donors (Lipinski definition) is 0. The summed E-state index contributed by atoms with van der Waals surface area (Å²) in [5, 5.41) is 0.925. The minimum Gasteiger partial charge on any atom is -0.303 e. The number of fused-ring (bicyclic) bond motifs is 1. The molecule has 0 atom stereocenters. The third kappa shape index (κ3) is 6.70. The number of hydrogen-bond acceptors (Lipinski definition) is 5. The molecule has 39 heavy (non-hydrogen) atoms. The minimum absolute atomic E-state index is 0.427. The molecule has 212 valence electrons. The first-order valence-corrected chi connectivity index (χ1v) is 15.9. The number of unbranched alkanes of at least 4 members (excludes halogenated alkanes) is 1. The first kappa shape index (κ1) is 28.2. The maximum atomic E-state index is 14.5. The molecule has 2 aliphatic rings. The molecule has 1 aromatic carbocycles. The average Bonchev–Trinajstić information content (AvgIpc) is 3.63. The van der Waals surface area contributed by atoms with Crippen molar-refractivity contribution in [1.29, 1.82) is 0 Å². The number of nitrogens with zero attached hydrogens (tertiary/aromatic N) is 5. The second kappa shape index (κ2) is 12.9. The van der Waals surface area contributed by atoms with Crippen molar-refractivity contribution in [2.24, 2.45) is 0 Å². The van der Waals surface area contributed by atoms with Crippen LogP contribution < -0.4 is 0 Å². The fraction of sp³-hybridized carbons (Fsp3) is 0.567. The molecule has 0 spiro atoms. The molecule has 0 bridgehead atoms. The largest absolute Gasteiger partial charge is 0.307 e. The van der Waals surface area contributed by atoms with Gasteiger partial charge in [0.05, 0.1) is 5.52 Å². The van der Waals surface area contributed by atoms with E-state index in [0.29, 0.717) is 43.3 Å². The highest BCUT2D eigenvalue weighted by Gasteiger charge is 2.29. The van der Waals surface area contributed by atoms with Crippen LogP contribution in [0.25, 0.3) is 10.9 Å². The molecular formula is C30H42FN5O2S. The van der Waals surface area contributed by atoms with Crippen LogP contribution in [-0.4, -0.2) is 70.7 Å². The Hall–Kier alpha value is -2.33. The summed E-state index contributed by atoms with van der Waals surface area (Å²) >= 11 is 0. The molecule has 1 aliphatic carbocycles. The van der Waals surface area contributed by atoms with Gasteiger partial charge in [0, 0.05) is 55.6 Å². The van der Waals surface area contributed by atoms with Gasteiger partial charge in [-0.05, 0) is 76.4 Å². The van der Waals surface area contributed by atoms with Crippen molar-refractivity contribution in [2.45, 2.75) is 76.9 Å². The third-order valence-corrected chi connectivity index (χ3v) is 10.3. The molecule has 3 aromatic rings. The molecule has 7 nitrogen and oxygen atoms in total. The Balaban J connectivity index is 1.33. The van der Waals surface area contributed by atoms with Gasteiger partial charge in [-0.1, -0.05) is 43.5 Å². The van der Waals surface area contributed by atoms with E-state index in [2.05, 4.69) is 21.8 Å². The Kier molecular flexibility index (Phi) is 9.32. The minimum atomic E-state index is -3.63. The molecule has 0 amide bonds. The van der Waals surface area contributed by atoms with E-state index < -0.39 is 16.2 Å². The summed E-state index contributed by atoms with van der Waals surface area (Å²) in [5.74, 6) is -0.446. The van der Waals surface area contributed by atoms with Gasteiger partial charge in [0.1, 0.15) is 0 Å². The lowest BCUT2D eigenvalue weighted by Gasteiger charge is -2.31. The van der Waals surface area contributed by atoms with Crippen LogP contribution in [0.1, 0.15) is 68.9 Å². The summed E-state index contributed by atoms with van der Waals surface area (Å²) in [6, 6.07) is 11.9. The highest BCUT2D eigenvalue weighted by molar-refractivity contribution is 7.87. The van der Waals surface area contributed by atoms with Crippen molar-refractivity contribution in [3.05, 3.63) is 65.9 Å². The zero-order valence-corrected chi connectivity index (χ0v) is 24.0. The van der Waals surface area contributed by atoms with Gasteiger partial charge in [-0.2, -0.15) is 17.1 Å². The Morgan fingerprint density at radius 1 is 0.923 bits per heavy atom. The Bertz CT molecular complexity index is 1330. The van der Waals surface area contributed by atoms with Crippen molar-refractivity contribution in [2.75, 3.05) is 33.2 Å². The van der Waals surface area contributed by atoms with E-state index in [1.54, 1.807) is 22.6 Å². The summed E-state index contributed by atoms with van der Waals surface area (Å²) in [7, 11) is -1.39. The van der Waals surface area contributed by atoms with Gasteiger partial charge in [-0.25, -0.2) is 8.96 Å². The number of aromatic nitrogens is 2. The first-order chi connectivity index (χ1) is 18.9. The number of rotatable bonds is 12. The van der Waals surface area contributed by atoms with Gasteiger partial charge < -0.3 is 4.90 Å². The Morgan fingerprint density at radius 2 is 1.64 bits per heavy atom. The van der Waals surface area contributed by atoms with E-state index in [0.717, 1.165) is 49.7 Å². The van der Waals surface area contributed by atoms with E-state index in [1.807, 2.05) is 24.3 Å². The predicted octanol–water partition coefficient (Wildman–Crippen LogP) is 5.41. The summed E-state index contributed by atoms with van der Waals surface area (Å²) in [5.41, 5.74) is 2.20. The second-order valence-corrected chi connectivity index (χ2v) is 13.0. The highest BCUT2D eigenvalue weighted by atomic mass is 32.2. The number of para-hydroxylation sites is 1. The second-order valence-electron chi connectivity index (χ2n) is 11.2. The molecule has 1 saturated heterocycles. The highest BCUT2D eigenvalue weighted by Crippen LogP contribution is 2.28. The molecule has 2 aromatic heterocycles. The summed E-state index contributed by atoms with van der Waals surface area (Å²) < 4.78 is 44.6.